The summed E-state index contributed by atoms with van der Waals surface area (Å²) in [5.74, 6) is 0.969. The maximum Gasteiger partial charge on any atom is 0.167 e. The van der Waals surface area contributed by atoms with Crippen molar-refractivity contribution in [2.24, 2.45) is 15.7 Å². The summed E-state index contributed by atoms with van der Waals surface area (Å²) in [6.07, 6.45) is 1.27. The molecule has 0 saturated carbocycles. The van der Waals surface area contributed by atoms with Crippen LogP contribution >= 0.6 is 0 Å². The zero-order valence-electron chi connectivity index (χ0n) is 26.5. The quantitative estimate of drug-likeness (QED) is 0.133. The van der Waals surface area contributed by atoms with E-state index in [0.29, 0.717) is 11.7 Å². The molecule has 234 valence electrons. The number of aliphatic imine (C=N–C) groups is 2. The summed E-state index contributed by atoms with van der Waals surface area (Å²) in [5.41, 5.74) is 15.6. The van der Waals surface area contributed by atoms with E-state index in [1.165, 1.54) is 0 Å². The first-order valence-corrected chi connectivity index (χ1v) is 16.1. The van der Waals surface area contributed by atoms with E-state index < -0.39 is 6.17 Å². The van der Waals surface area contributed by atoms with Gasteiger partial charge in [-0.15, -0.1) is 0 Å². The van der Waals surface area contributed by atoms with Gasteiger partial charge >= 0.3 is 0 Å². The van der Waals surface area contributed by atoms with Crippen molar-refractivity contribution >= 4 is 34.0 Å². The Morgan fingerprint density at radius 1 is 0.571 bits per heavy atom. The van der Waals surface area contributed by atoms with Gasteiger partial charge in [-0.05, 0) is 41.5 Å². The van der Waals surface area contributed by atoms with E-state index in [9.17, 15) is 0 Å². The molecule has 2 aromatic heterocycles. The second-order valence-electron chi connectivity index (χ2n) is 11.7. The van der Waals surface area contributed by atoms with Gasteiger partial charge in [-0.1, -0.05) is 133 Å². The fourth-order valence-electron chi connectivity index (χ4n) is 5.91. The lowest BCUT2D eigenvalue weighted by molar-refractivity contribution is 0.669. The van der Waals surface area contributed by atoms with Gasteiger partial charge in [0.1, 0.15) is 17.0 Å². The molecule has 2 N–H and O–H groups in total. The van der Waals surface area contributed by atoms with Gasteiger partial charge in [-0.3, -0.25) is 4.99 Å². The molecule has 8 aromatic rings. The van der Waals surface area contributed by atoms with Gasteiger partial charge in [-0.2, -0.15) is 0 Å². The SMILES string of the molecule is N/C(=N\C(/N=C/c1ccc2c(c1)oc1ccccc12)c1ccccc1)c1cccc(-c2nc(-c3ccccc3)cc(-c3ccccc3)n2)c1. The molecule has 0 aliphatic heterocycles. The number of fused-ring (bicyclic) bond motifs is 3. The minimum absolute atomic E-state index is 0.364. The molecule has 0 aliphatic rings. The highest BCUT2D eigenvalue weighted by Crippen LogP contribution is 2.30. The third-order valence-electron chi connectivity index (χ3n) is 8.41. The van der Waals surface area contributed by atoms with Crippen LogP contribution < -0.4 is 5.73 Å². The lowest BCUT2D eigenvalue weighted by Gasteiger charge is -2.12. The first-order valence-electron chi connectivity index (χ1n) is 16.1. The second kappa shape index (κ2) is 13.2. The van der Waals surface area contributed by atoms with Crippen molar-refractivity contribution in [3.05, 3.63) is 180 Å². The molecule has 1 unspecified atom stereocenters. The van der Waals surface area contributed by atoms with E-state index in [1.54, 1.807) is 0 Å². The topological polar surface area (TPSA) is 89.7 Å². The van der Waals surface area contributed by atoms with Crippen molar-refractivity contribution in [2.75, 3.05) is 0 Å². The number of benzene rings is 6. The predicted octanol–water partition coefficient (Wildman–Crippen LogP) is 9.90. The number of aromatic nitrogens is 2. The van der Waals surface area contributed by atoms with Crippen molar-refractivity contribution in [3.8, 4) is 33.9 Å². The summed E-state index contributed by atoms with van der Waals surface area (Å²) >= 11 is 0. The van der Waals surface area contributed by atoms with Gasteiger partial charge in [0.05, 0.1) is 11.4 Å². The Bertz CT molecular complexity index is 2390. The minimum Gasteiger partial charge on any atom is -0.456 e. The molecule has 6 heteroatoms. The third kappa shape index (κ3) is 6.35. The number of hydrogen-bond donors (Lipinski definition) is 1. The second-order valence-corrected chi connectivity index (χ2v) is 11.7. The number of amidine groups is 1. The Balaban J connectivity index is 1.15. The van der Waals surface area contributed by atoms with Crippen LogP contribution in [-0.2, 0) is 0 Å². The predicted molar refractivity (Wildman–Crippen MR) is 200 cm³/mol. The minimum atomic E-state index is -0.557. The molecule has 0 amide bonds. The Labute approximate surface area is 284 Å². The van der Waals surface area contributed by atoms with Crippen LogP contribution in [0.15, 0.2) is 178 Å². The number of furan rings is 1. The molecule has 0 fully saturated rings. The van der Waals surface area contributed by atoms with E-state index in [0.717, 1.165) is 66.7 Å². The number of rotatable bonds is 8. The average molecular weight is 634 g/mol. The van der Waals surface area contributed by atoms with Gasteiger partial charge in [-0.25, -0.2) is 15.0 Å². The van der Waals surface area contributed by atoms with Crippen molar-refractivity contribution in [1.82, 2.24) is 9.97 Å². The van der Waals surface area contributed by atoms with Crippen LogP contribution in [0.2, 0.25) is 0 Å². The molecule has 6 nitrogen and oxygen atoms in total. The molecule has 1 atom stereocenters. The maximum absolute atomic E-state index is 6.73. The van der Waals surface area contributed by atoms with Crippen molar-refractivity contribution < 1.29 is 4.42 Å². The van der Waals surface area contributed by atoms with E-state index in [2.05, 4.69) is 36.4 Å². The highest BCUT2D eigenvalue weighted by atomic mass is 16.3. The van der Waals surface area contributed by atoms with E-state index in [1.807, 2.05) is 134 Å². The monoisotopic (exact) mass is 633 g/mol. The van der Waals surface area contributed by atoms with E-state index in [-0.39, 0.29) is 0 Å². The fourth-order valence-corrected chi connectivity index (χ4v) is 5.91. The lowest BCUT2D eigenvalue weighted by atomic mass is 10.1. The largest absolute Gasteiger partial charge is 0.456 e. The summed E-state index contributed by atoms with van der Waals surface area (Å²) in [6.45, 7) is 0. The first kappa shape index (κ1) is 29.7. The molecule has 0 bridgehead atoms. The molecule has 6 aromatic carbocycles. The summed E-state index contributed by atoms with van der Waals surface area (Å²) < 4.78 is 6.10. The fraction of sp³-hybridized carbons (Fsp3) is 0.0233. The van der Waals surface area contributed by atoms with Crippen molar-refractivity contribution in [3.63, 3.8) is 0 Å². The Hall–Kier alpha value is -6.66. The molecule has 2 heterocycles. The number of nitrogens with two attached hydrogens (primary N) is 1. The van der Waals surface area contributed by atoms with Crippen LogP contribution in [0.5, 0.6) is 0 Å². The molecule has 0 radical (unpaired) electrons. The first-order chi connectivity index (χ1) is 24.2. The molecule has 8 rings (SSSR count). The molecule has 0 saturated heterocycles. The highest BCUT2D eigenvalue weighted by Gasteiger charge is 2.14. The van der Waals surface area contributed by atoms with Gasteiger partial charge in [0.15, 0.2) is 12.0 Å². The third-order valence-corrected chi connectivity index (χ3v) is 8.41. The standard InChI is InChI=1S/C43H31N5O/c44-41(48-42(32-17-8-3-9-18-32)45-28-29-23-24-36-35-21-10-11-22-39(35)49-40(36)25-29)33-19-12-20-34(26-33)43-46-37(30-13-4-1-5-14-30)27-38(47-43)31-15-6-2-7-16-31/h1-28,42H,(H2,44,48)/b45-28+. The normalized spacial score (nSPS) is 12.5. The Morgan fingerprint density at radius 3 is 1.90 bits per heavy atom. The zero-order chi connectivity index (χ0) is 33.0. The zero-order valence-corrected chi connectivity index (χ0v) is 26.5. The van der Waals surface area contributed by atoms with Crippen LogP contribution in [0.1, 0.15) is 22.9 Å². The van der Waals surface area contributed by atoms with Crippen molar-refractivity contribution in [2.45, 2.75) is 6.17 Å². The number of hydrogen-bond acceptors (Lipinski definition) is 5. The molecule has 0 aliphatic carbocycles. The van der Waals surface area contributed by atoms with Crippen molar-refractivity contribution in [1.29, 1.82) is 0 Å². The van der Waals surface area contributed by atoms with Gasteiger partial charge < -0.3 is 10.2 Å². The lowest BCUT2D eigenvalue weighted by Crippen LogP contribution is -2.15. The smallest absolute Gasteiger partial charge is 0.167 e. The van der Waals surface area contributed by atoms with Gasteiger partial charge in [0, 0.05) is 39.2 Å². The Kier molecular flexibility index (Phi) is 8.02. The van der Waals surface area contributed by atoms with Crippen LogP contribution in [-0.4, -0.2) is 22.0 Å². The number of para-hydroxylation sites is 1. The number of nitrogens with zero attached hydrogens (tertiary/aromatic N) is 4. The summed E-state index contributed by atoms with van der Waals surface area (Å²) in [4.78, 5) is 19.8. The average Bonchev–Trinajstić information content (AvgIpc) is 3.55. The van der Waals surface area contributed by atoms with Crippen LogP contribution in [0.25, 0.3) is 55.8 Å². The van der Waals surface area contributed by atoms with E-state index >= 15 is 0 Å². The molecule has 0 spiro atoms. The highest BCUT2D eigenvalue weighted by molar-refractivity contribution is 6.06. The molecular weight excluding hydrogens is 603 g/mol. The maximum atomic E-state index is 6.73. The van der Waals surface area contributed by atoms with Crippen LogP contribution in [0.3, 0.4) is 0 Å². The van der Waals surface area contributed by atoms with Crippen LogP contribution in [0, 0.1) is 0 Å². The summed E-state index contributed by atoms with van der Waals surface area (Å²) in [6, 6.07) is 54.3. The molecule has 49 heavy (non-hydrogen) atoms. The van der Waals surface area contributed by atoms with Gasteiger partial charge in [0.25, 0.3) is 0 Å². The summed E-state index contributed by atoms with van der Waals surface area (Å²) in [7, 11) is 0. The molecular formula is C43H31N5O. The van der Waals surface area contributed by atoms with E-state index in [4.69, 9.17) is 30.1 Å². The van der Waals surface area contributed by atoms with Crippen LogP contribution in [0.4, 0.5) is 0 Å². The Morgan fingerprint density at radius 2 is 1.18 bits per heavy atom. The summed E-state index contributed by atoms with van der Waals surface area (Å²) in [5, 5.41) is 2.17. The van der Waals surface area contributed by atoms with Gasteiger partial charge in [0.2, 0.25) is 0 Å².